The fourth-order valence-corrected chi connectivity index (χ4v) is 2.28. The molecule has 0 aliphatic rings. The Morgan fingerprint density at radius 2 is 1.77 bits per heavy atom. The fourth-order valence-electron chi connectivity index (χ4n) is 2.28. The van der Waals surface area contributed by atoms with Crippen LogP contribution in [0.4, 0.5) is 0 Å². The SMILES string of the molecule is CC(C)(C)c1ccccc1OCC(=O)NN=Cc1ccc(C(=O)O)cc1. The van der Waals surface area contributed by atoms with Crippen LogP contribution in [0.5, 0.6) is 5.75 Å². The van der Waals surface area contributed by atoms with Crippen LogP contribution in [0.25, 0.3) is 0 Å². The van der Waals surface area contributed by atoms with Crippen LogP contribution in [0.15, 0.2) is 53.6 Å². The Hall–Kier alpha value is -3.15. The molecule has 2 aromatic rings. The predicted octanol–water partition coefficient (Wildman–Crippen LogP) is 3.21. The smallest absolute Gasteiger partial charge is 0.335 e. The third kappa shape index (κ3) is 5.44. The van der Waals surface area contributed by atoms with E-state index in [1.807, 2.05) is 24.3 Å². The van der Waals surface area contributed by atoms with Gasteiger partial charge in [-0.3, -0.25) is 4.79 Å². The van der Waals surface area contributed by atoms with Crippen molar-refractivity contribution in [2.45, 2.75) is 26.2 Å². The zero-order chi connectivity index (χ0) is 19.2. The maximum Gasteiger partial charge on any atom is 0.335 e. The van der Waals surface area contributed by atoms with Crippen molar-refractivity contribution in [3.8, 4) is 5.75 Å². The van der Waals surface area contributed by atoms with Crippen molar-refractivity contribution in [1.82, 2.24) is 5.43 Å². The van der Waals surface area contributed by atoms with E-state index in [2.05, 4.69) is 31.3 Å². The van der Waals surface area contributed by atoms with E-state index >= 15 is 0 Å². The number of nitrogens with one attached hydrogen (secondary N) is 1. The summed E-state index contributed by atoms with van der Waals surface area (Å²) in [5.74, 6) is -0.704. The Labute approximate surface area is 152 Å². The highest BCUT2D eigenvalue weighted by Gasteiger charge is 2.18. The lowest BCUT2D eigenvalue weighted by Gasteiger charge is -2.22. The first-order valence-electron chi connectivity index (χ1n) is 8.15. The molecule has 0 saturated heterocycles. The van der Waals surface area contributed by atoms with Gasteiger partial charge >= 0.3 is 5.97 Å². The molecule has 6 nitrogen and oxygen atoms in total. The van der Waals surface area contributed by atoms with Gasteiger partial charge in [0.25, 0.3) is 5.91 Å². The van der Waals surface area contributed by atoms with Crippen LogP contribution in [-0.4, -0.2) is 29.8 Å². The van der Waals surface area contributed by atoms with Crippen LogP contribution >= 0.6 is 0 Å². The molecule has 2 rings (SSSR count). The van der Waals surface area contributed by atoms with E-state index in [4.69, 9.17) is 9.84 Å². The van der Waals surface area contributed by atoms with Crippen molar-refractivity contribution in [2.24, 2.45) is 5.10 Å². The minimum absolute atomic E-state index is 0.0899. The van der Waals surface area contributed by atoms with E-state index < -0.39 is 5.97 Å². The van der Waals surface area contributed by atoms with Gasteiger partial charge < -0.3 is 9.84 Å². The van der Waals surface area contributed by atoms with Crippen LogP contribution < -0.4 is 10.2 Å². The van der Waals surface area contributed by atoms with Gasteiger partial charge in [0.1, 0.15) is 5.75 Å². The quantitative estimate of drug-likeness (QED) is 0.616. The van der Waals surface area contributed by atoms with Gasteiger partial charge in [0.05, 0.1) is 11.8 Å². The number of carboxylic acid groups (broad SMARTS) is 1. The highest BCUT2D eigenvalue weighted by Crippen LogP contribution is 2.30. The van der Waals surface area contributed by atoms with E-state index in [0.717, 1.165) is 5.56 Å². The summed E-state index contributed by atoms with van der Waals surface area (Å²) in [4.78, 5) is 22.7. The zero-order valence-electron chi connectivity index (χ0n) is 15.0. The van der Waals surface area contributed by atoms with Gasteiger partial charge in [-0.2, -0.15) is 5.10 Å². The monoisotopic (exact) mass is 354 g/mol. The normalized spacial score (nSPS) is 11.3. The molecule has 0 radical (unpaired) electrons. The van der Waals surface area contributed by atoms with Gasteiger partial charge in [-0.1, -0.05) is 51.1 Å². The minimum atomic E-state index is -0.991. The summed E-state index contributed by atoms with van der Waals surface area (Å²) in [6, 6.07) is 13.8. The molecular weight excluding hydrogens is 332 g/mol. The third-order valence-corrected chi connectivity index (χ3v) is 3.61. The molecule has 0 atom stereocenters. The highest BCUT2D eigenvalue weighted by molar-refractivity contribution is 5.89. The number of benzene rings is 2. The number of amides is 1. The van der Waals surface area contributed by atoms with E-state index in [-0.39, 0.29) is 23.5 Å². The second-order valence-corrected chi connectivity index (χ2v) is 6.76. The lowest BCUT2D eigenvalue weighted by Crippen LogP contribution is -2.25. The number of hydrazone groups is 1. The number of hydrogen-bond acceptors (Lipinski definition) is 4. The van der Waals surface area contributed by atoms with Crippen LogP contribution in [0.3, 0.4) is 0 Å². The predicted molar refractivity (Wildman–Crippen MR) is 99.8 cm³/mol. The number of ether oxygens (including phenoxy) is 1. The van der Waals surface area contributed by atoms with E-state index in [9.17, 15) is 9.59 Å². The molecule has 0 saturated carbocycles. The lowest BCUT2D eigenvalue weighted by molar-refractivity contribution is -0.123. The first-order chi connectivity index (χ1) is 12.3. The average Bonchev–Trinajstić information content (AvgIpc) is 2.60. The molecule has 26 heavy (non-hydrogen) atoms. The Balaban J connectivity index is 1.89. The number of carbonyl (C=O) groups excluding carboxylic acids is 1. The molecule has 0 unspecified atom stereocenters. The summed E-state index contributed by atoms with van der Waals surface area (Å²) in [7, 11) is 0. The second kappa shape index (κ2) is 8.29. The van der Waals surface area contributed by atoms with Crippen molar-refractivity contribution in [2.75, 3.05) is 6.61 Å². The van der Waals surface area contributed by atoms with E-state index in [1.165, 1.54) is 18.3 Å². The number of carbonyl (C=O) groups is 2. The summed E-state index contributed by atoms with van der Waals surface area (Å²) in [5.41, 5.74) is 4.19. The molecule has 2 N–H and O–H groups in total. The molecule has 0 bridgehead atoms. The molecule has 0 heterocycles. The van der Waals surface area contributed by atoms with Crippen LogP contribution in [0, 0.1) is 0 Å². The summed E-state index contributed by atoms with van der Waals surface area (Å²) in [6.45, 7) is 6.09. The summed E-state index contributed by atoms with van der Waals surface area (Å²) >= 11 is 0. The molecular formula is C20H22N2O4. The molecule has 6 heteroatoms. The summed E-state index contributed by atoms with van der Waals surface area (Å²) < 4.78 is 5.62. The molecule has 0 aromatic heterocycles. The Morgan fingerprint density at radius 3 is 2.38 bits per heavy atom. The molecule has 136 valence electrons. The van der Waals surface area contributed by atoms with E-state index in [1.54, 1.807) is 12.1 Å². The minimum Gasteiger partial charge on any atom is -0.483 e. The van der Waals surface area contributed by atoms with Crippen molar-refractivity contribution >= 4 is 18.1 Å². The maximum atomic E-state index is 11.9. The van der Waals surface area contributed by atoms with Crippen LogP contribution in [0.1, 0.15) is 42.3 Å². The number of aromatic carboxylic acids is 1. The summed E-state index contributed by atoms with van der Waals surface area (Å²) in [5, 5.41) is 12.7. The standard InChI is InChI=1S/C20H22N2O4/c1-20(2,3)16-6-4-5-7-17(16)26-13-18(23)22-21-12-14-8-10-15(11-9-14)19(24)25/h4-12H,13H2,1-3H3,(H,22,23)(H,24,25). The molecule has 2 aromatic carbocycles. The number of hydrogen-bond donors (Lipinski definition) is 2. The second-order valence-electron chi connectivity index (χ2n) is 6.76. The fraction of sp³-hybridized carbons (Fsp3) is 0.250. The van der Waals surface area contributed by atoms with Gasteiger partial charge in [-0.05, 0) is 34.7 Å². The number of rotatable bonds is 6. The molecule has 0 aliphatic carbocycles. The number of nitrogens with zero attached hydrogens (tertiary/aromatic N) is 1. The van der Waals surface area contributed by atoms with Gasteiger partial charge in [-0.25, -0.2) is 10.2 Å². The number of carboxylic acids is 1. The zero-order valence-corrected chi connectivity index (χ0v) is 15.0. The lowest BCUT2D eigenvalue weighted by atomic mass is 9.86. The first kappa shape index (κ1) is 19.2. The van der Waals surface area contributed by atoms with Crippen LogP contribution in [0.2, 0.25) is 0 Å². The van der Waals surface area contributed by atoms with Gasteiger partial charge in [0.2, 0.25) is 0 Å². The molecule has 0 fully saturated rings. The van der Waals surface area contributed by atoms with Crippen molar-refractivity contribution in [1.29, 1.82) is 0 Å². The molecule has 0 aliphatic heterocycles. The van der Waals surface area contributed by atoms with Gasteiger partial charge in [0, 0.05) is 0 Å². The Kier molecular flexibility index (Phi) is 6.11. The third-order valence-electron chi connectivity index (χ3n) is 3.61. The van der Waals surface area contributed by atoms with E-state index in [0.29, 0.717) is 11.3 Å². The average molecular weight is 354 g/mol. The number of para-hydroxylation sites is 1. The maximum absolute atomic E-state index is 11.9. The molecule has 0 spiro atoms. The Bertz CT molecular complexity index is 805. The first-order valence-corrected chi connectivity index (χ1v) is 8.15. The Morgan fingerprint density at radius 1 is 1.12 bits per heavy atom. The summed E-state index contributed by atoms with van der Waals surface area (Å²) in [6.07, 6.45) is 1.44. The van der Waals surface area contributed by atoms with Crippen molar-refractivity contribution in [3.63, 3.8) is 0 Å². The largest absolute Gasteiger partial charge is 0.483 e. The highest BCUT2D eigenvalue weighted by atomic mass is 16.5. The van der Waals surface area contributed by atoms with Gasteiger partial charge in [0.15, 0.2) is 6.61 Å². The van der Waals surface area contributed by atoms with Gasteiger partial charge in [-0.15, -0.1) is 0 Å². The van der Waals surface area contributed by atoms with Crippen molar-refractivity contribution in [3.05, 3.63) is 65.2 Å². The van der Waals surface area contributed by atoms with Crippen molar-refractivity contribution < 1.29 is 19.4 Å². The molecule has 1 amide bonds. The van der Waals surface area contributed by atoms with Crippen LogP contribution in [-0.2, 0) is 10.2 Å². The topological polar surface area (TPSA) is 88.0 Å².